The van der Waals surface area contributed by atoms with Gasteiger partial charge in [0.05, 0.1) is 12.2 Å². The maximum atomic E-state index is 12.6. The van der Waals surface area contributed by atoms with Gasteiger partial charge < -0.3 is 14.6 Å². The second-order valence-electron chi connectivity index (χ2n) is 9.61. The van der Waals surface area contributed by atoms with Crippen molar-refractivity contribution < 1.29 is 4.79 Å². The smallest absolute Gasteiger partial charge is 0.271 e. The Kier molecular flexibility index (Phi) is 4.85. The predicted octanol–water partition coefficient (Wildman–Crippen LogP) is 4.50. The summed E-state index contributed by atoms with van der Waals surface area (Å²) in [6.45, 7) is 11.9. The molecule has 6 rings (SSSR count). The molecule has 4 heterocycles. The Morgan fingerprint density at radius 1 is 1.21 bits per heavy atom. The first-order valence-corrected chi connectivity index (χ1v) is 12.0. The molecular weight excluding hydrogens is 450 g/mol. The minimum Gasteiger partial charge on any atom is -0.361 e. The lowest BCUT2D eigenvalue weighted by Gasteiger charge is -2.58. The Hall–Kier alpha value is -3.44. The lowest BCUT2D eigenvalue weighted by molar-refractivity contribution is -0.132. The quantitative estimate of drug-likeness (QED) is 0.524. The molecule has 3 aliphatic rings. The van der Waals surface area contributed by atoms with E-state index in [1.165, 1.54) is 0 Å². The number of nitrogens with zero attached hydrogens (tertiary/aromatic N) is 7. The summed E-state index contributed by atoms with van der Waals surface area (Å²) in [6, 6.07) is 11.5. The van der Waals surface area contributed by atoms with Crippen LogP contribution in [0.3, 0.4) is 0 Å². The number of halogens is 1. The number of fused-ring (bicyclic) bond motifs is 3. The average molecular weight is 474 g/mol. The zero-order chi connectivity index (χ0) is 23.4. The molecule has 0 radical (unpaired) electrons. The number of rotatable bonds is 3. The first-order valence-electron chi connectivity index (χ1n) is 11.6. The van der Waals surface area contributed by atoms with Gasteiger partial charge in [-0.15, -0.1) is 15.2 Å². The summed E-state index contributed by atoms with van der Waals surface area (Å²) in [5.74, 6) is 3.51. The first kappa shape index (κ1) is 21.1. The number of carbonyl (C=O) groups excluding carboxylic acids is 1. The lowest BCUT2D eigenvalue weighted by Crippen LogP contribution is -2.62. The molecule has 2 aromatic heterocycles. The molecule has 0 bridgehead atoms. The fourth-order valence-electron chi connectivity index (χ4n) is 5.69. The van der Waals surface area contributed by atoms with Gasteiger partial charge in [-0.2, -0.15) is 0 Å². The van der Waals surface area contributed by atoms with Crippen molar-refractivity contribution in [2.45, 2.75) is 45.2 Å². The predicted molar refractivity (Wildman–Crippen MR) is 128 cm³/mol. The molecule has 0 N–H and O–H groups in total. The van der Waals surface area contributed by atoms with Crippen LogP contribution in [-0.4, -0.2) is 43.6 Å². The molecule has 0 atom stereocenters. The third kappa shape index (κ3) is 3.34. The summed E-state index contributed by atoms with van der Waals surface area (Å²) in [6.07, 6.45) is 2.54. The van der Waals surface area contributed by atoms with Crippen LogP contribution in [0.15, 0.2) is 36.4 Å². The Bertz CT molecular complexity index is 1330. The number of carbonyl (C=O) groups is 1. The van der Waals surface area contributed by atoms with E-state index in [2.05, 4.69) is 29.5 Å². The first-order chi connectivity index (χ1) is 16.5. The molecule has 1 aliphatic carbocycles. The van der Waals surface area contributed by atoms with E-state index in [1.807, 2.05) is 42.2 Å². The summed E-state index contributed by atoms with van der Waals surface area (Å²) in [5.41, 5.74) is 2.30. The fraction of sp³-hybridized carbons (Fsp3) is 0.400. The van der Waals surface area contributed by atoms with Gasteiger partial charge in [0.15, 0.2) is 5.82 Å². The van der Waals surface area contributed by atoms with Gasteiger partial charge in [-0.1, -0.05) is 31.2 Å². The van der Waals surface area contributed by atoms with Crippen molar-refractivity contribution in [3.05, 3.63) is 70.1 Å². The molecule has 0 unspecified atom stereocenters. The molecule has 2 aliphatic heterocycles. The van der Waals surface area contributed by atoms with Gasteiger partial charge in [-0.3, -0.25) is 9.36 Å². The molecule has 34 heavy (non-hydrogen) atoms. The molecule has 3 aromatic rings. The number of benzene rings is 1. The topological polar surface area (TPSA) is 71.5 Å². The van der Waals surface area contributed by atoms with Crippen molar-refractivity contribution in [1.82, 2.24) is 24.6 Å². The van der Waals surface area contributed by atoms with Gasteiger partial charge in [-0.25, -0.2) is 0 Å². The van der Waals surface area contributed by atoms with Gasteiger partial charge in [-0.05, 0) is 42.7 Å². The highest BCUT2D eigenvalue weighted by molar-refractivity contribution is 6.30. The second-order valence-corrected chi connectivity index (χ2v) is 10.0. The maximum Gasteiger partial charge on any atom is 0.271 e. The summed E-state index contributed by atoms with van der Waals surface area (Å²) in [4.78, 5) is 24.5. The number of amides is 1. The number of hydrogen-bond acceptors (Lipinski definition) is 5. The van der Waals surface area contributed by atoms with Crippen LogP contribution in [0.25, 0.3) is 10.5 Å². The largest absolute Gasteiger partial charge is 0.361 e. The van der Waals surface area contributed by atoms with E-state index in [4.69, 9.17) is 18.2 Å². The van der Waals surface area contributed by atoms with Crippen LogP contribution in [0.5, 0.6) is 0 Å². The second kappa shape index (κ2) is 7.81. The highest BCUT2D eigenvalue weighted by Gasteiger charge is 2.55. The van der Waals surface area contributed by atoms with Crippen LogP contribution < -0.4 is 4.90 Å². The van der Waals surface area contributed by atoms with Crippen LogP contribution in [-0.2, 0) is 17.9 Å². The fourth-order valence-corrected chi connectivity index (χ4v) is 5.89. The maximum absolute atomic E-state index is 12.6. The van der Waals surface area contributed by atoms with E-state index < -0.39 is 0 Å². The van der Waals surface area contributed by atoms with E-state index in [0.717, 1.165) is 54.6 Å². The van der Waals surface area contributed by atoms with Gasteiger partial charge >= 0.3 is 0 Å². The van der Waals surface area contributed by atoms with Crippen LogP contribution >= 0.6 is 11.6 Å². The summed E-state index contributed by atoms with van der Waals surface area (Å²) in [7, 11) is 0. The highest BCUT2D eigenvalue weighted by Crippen LogP contribution is 2.56. The minimum atomic E-state index is 0.0944. The van der Waals surface area contributed by atoms with Crippen molar-refractivity contribution >= 4 is 29.1 Å². The van der Waals surface area contributed by atoms with Gasteiger partial charge in [0.2, 0.25) is 11.7 Å². The third-order valence-electron chi connectivity index (χ3n) is 7.32. The molecule has 1 spiro atoms. The molecule has 8 nitrogen and oxygen atoms in total. The lowest BCUT2D eigenvalue weighted by atomic mass is 9.57. The van der Waals surface area contributed by atoms with E-state index in [1.54, 1.807) is 6.07 Å². The van der Waals surface area contributed by atoms with Crippen LogP contribution in [0.4, 0.5) is 11.6 Å². The van der Waals surface area contributed by atoms with Crippen molar-refractivity contribution in [1.29, 1.82) is 0 Å². The molecule has 1 aromatic carbocycles. The Labute approximate surface area is 203 Å². The van der Waals surface area contributed by atoms with Gasteiger partial charge in [0.25, 0.3) is 5.82 Å². The van der Waals surface area contributed by atoms with Gasteiger partial charge in [0.1, 0.15) is 5.82 Å². The summed E-state index contributed by atoms with van der Waals surface area (Å²) >= 11 is 6.31. The van der Waals surface area contributed by atoms with E-state index in [-0.39, 0.29) is 11.3 Å². The summed E-state index contributed by atoms with van der Waals surface area (Å²) < 4.78 is 2.16. The Morgan fingerprint density at radius 2 is 2.03 bits per heavy atom. The van der Waals surface area contributed by atoms with Crippen molar-refractivity contribution in [3.8, 4) is 5.69 Å². The normalized spacial score (nSPS) is 18.4. The van der Waals surface area contributed by atoms with E-state index in [0.29, 0.717) is 36.3 Å². The Balaban J connectivity index is 1.24. The average Bonchev–Trinajstić information content (AvgIpc) is 3.11. The molecule has 1 saturated heterocycles. The van der Waals surface area contributed by atoms with Crippen LogP contribution in [0.1, 0.15) is 49.3 Å². The SMILES string of the molecule is [C-]#[N+]c1cccc(N2CC3(CC(c4nnc5n4-c4ccc(Cl)cc4CN(C(=O)CC)C5)C3)C2)n1. The minimum absolute atomic E-state index is 0.0944. The molecule has 1 amide bonds. The number of aromatic nitrogens is 4. The number of pyridine rings is 1. The molecular formula is C25H24ClN7O. The van der Waals surface area contributed by atoms with Crippen molar-refractivity contribution in [2.24, 2.45) is 5.41 Å². The van der Waals surface area contributed by atoms with E-state index >= 15 is 0 Å². The van der Waals surface area contributed by atoms with E-state index in [9.17, 15) is 4.79 Å². The number of anilines is 1. The zero-order valence-corrected chi connectivity index (χ0v) is 19.7. The van der Waals surface area contributed by atoms with Crippen LogP contribution in [0, 0.1) is 12.0 Å². The number of hydrogen-bond donors (Lipinski definition) is 0. The molecule has 1 saturated carbocycles. The standard InChI is InChI=1S/C25H24ClN7O/c1-3-23(34)31-12-16-9-18(26)7-8-19(16)33-22(13-31)29-30-24(33)17-10-25(11-17)14-32(15-25)21-6-4-5-20(27-2)28-21/h4-9,17H,3,10-15H2,1H3. The molecule has 172 valence electrons. The monoisotopic (exact) mass is 473 g/mol. The highest BCUT2D eigenvalue weighted by atomic mass is 35.5. The third-order valence-corrected chi connectivity index (χ3v) is 7.56. The molecule has 9 heteroatoms. The molecule has 2 fully saturated rings. The Morgan fingerprint density at radius 3 is 2.79 bits per heavy atom. The van der Waals surface area contributed by atoms with Crippen LogP contribution in [0.2, 0.25) is 5.02 Å². The van der Waals surface area contributed by atoms with Gasteiger partial charge in [0, 0.05) is 48.5 Å². The van der Waals surface area contributed by atoms with Crippen molar-refractivity contribution in [3.63, 3.8) is 0 Å². The van der Waals surface area contributed by atoms with Crippen molar-refractivity contribution in [2.75, 3.05) is 18.0 Å². The summed E-state index contributed by atoms with van der Waals surface area (Å²) in [5, 5.41) is 9.79. The zero-order valence-electron chi connectivity index (χ0n) is 18.9.